The highest BCUT2D eigenvalue weighted by Gasteiger charge is 2.31. The molecule has 2 amide bonds. The third kappa shape index (κ3) is 4.98. The van der Waals surface area contributed by atoms with Gasteiger partial charge in [0.15, 0.2) is 0 Å². The molecule has 1 aromatic rings. The largest absolute Gasteiger partial charge is 0.473 e. The molecule has 7 heteroatoms. The Labute approximate surface area is 153 Å². The van der Waals surface area contributed by atoms with Gasteiger partial charge in [0, 0.05) is 25.3 Å². The number of urea groups is 1. The number of aromatic nitrogens is 1. The Bertz CT molecular complexity index is 593. The number of nitrogens with one attached hydrogen (secondary N) is 1. The average molecular weight is 368 g/mol. The first-order valence-corrected chi connectivity index (χ1v) is 9.36. The van der Waals surface area contributed by atoms with Gasteiger partial charge in [0.2, 0.25) is 5.88 Å². The van der Waals surface area contributed by atoms with Crippen LogP contribution in [0.2, 0.25) is 5.02 Å². The molecule has 1 saturated carbocycles. The van der Waals surface area contributed by atoms with E-state index in [0.29, 0.717) is 36.8 Å². The summed E-state index contributed by atoms with van der Waals surface area (Å²) in [5, 5.41) is 13.6. The molecule has 25 heavy (non-hydrogen) atoms. The van der Waals surface area contributed by atoms with Crippen molar-refractivity contribution >= 4 is 17.6 Å². The molecular weight excluding hydrogens is 342 g/mol. The molecule has 1 aromatic heterocycles. The third-order valence-electron chi connectivity index (χ3n) is 5.13. The molecule has 1 saturated heterocycles. The van der Waals surface area contributed by atoms with Gasteiger partial charge in [-0.2, -0.15) is 0 Å². The molecular formula is C18H26ClN3O3. The minimum atomic E-state index is -0.640. The molecule has 2 fully saturated rings. The van der Waals surface area contributed by atoms with E-state index >= 15 is 0 Å². The number of halogens is 1. The minimum absolute atomic E-state index is 0.0207. The first-order chi connectivity index (χ1) is 11.9. The van der Waals surface area contributed by atoms with Gasteiger partial charge >= 0.3 is 6.03 Å². The predicted molar refractivity (Wildman–Crippen MR) is 95.9 cm³/mol. The normalized spacial score (nSPS) is 26.1. The first-order valence-electron chi connectivity index (χ1n) is 8.98. The van der Waals surface area contributed by atoms with Crippen LogP contribution in [0.4, 0.5) is 4.79 Å². The van der Waals surface area contributed by atoms with Crippen LogP contribution in [0.5, 0.6) is 5.88 Å². The van der Waals surface area contributed by atoms with E-state index in [1.165, 1.54) is 0 Å². The standard InChI is InChI=1S/C18H26ClN3O3/c1-18(24)8-11-22(12-9-18)17(23)21-13-4-6-14(7-5-13)25-16-15(19)3-2-10-20-16/h2-3,10,13-14,24H,4-9,11-12H2,1H3,(H,21,23). The second-order valence-corrected chi connectivity index (χ2v) is 7.72. The summed E-state index contributed by atoms with van der Waals surface area (Å²) >= 11 is 6.08. The maximum atomic E-state index is 12.4. The molecule has 0 aromatic carbocycles. The summed E-state index contributed by atoms with van der Waals surface area (Å²) < 4.78 is 5.88. The lowest BCUT2D eigenvalue weighted by Gasteiger charge is -2.37. The van der Waals surface area contributed by atoms with E-state index in [4.69, 9.17) is 16.3 Å². The minimum Gasteiger partial charge on any atom is -0.473 e. The second-order valence-electron chi connectivity index (χ2n) is 7.32. The highest BCUT2D eigenvalue weighted by molar-refractivity contribution is 6.31. The van der Waals surface area contributed by atoms with E-state index in [-0.39, 0.29) is 18.2 Å². The van der Waals surface area contributed by atoms with E-state index in [1.807, 2.05) is 6.92 Å². The molecule has 0 spiro atoms. The van der Waals surface area contributed by atoms with Crippen molar-refractivity contribution in [3.8, 4) is 5.88 Å². The highest BCUT2D eigenvalue weighted by atomic mass is 35.5. The number of hydrogen-bond acceptors (Lipinski definition) is 4. The fourth-order valence-corrected chi connectivity index (χ4v) is 3.56. The SMILES string of the molecule is CC1(O)CCN(C(=O)NC2CCC(Oc3ncccc3Cl)CC2)CC1. The van der Waals surface area contributed by atoms with Crippen molar-refractivity contribution in [2.45, 2.75) is 63.2 Å². The average Bonchev–Trinajstić information content (AvgIpc) is 2.58. The summed E-state index contributed by atoms with van der Waals surface area (Å²) in [5.74, 6) is 0.483. The quantitative estimate of drug-likeness (QED) is 0.861. The molecule has 2 N–H and O–H groups in total. The van der Waals surface area contributed by atoms with Gasteiger partial charge in [0.25, 0.3) is 0 Å². The second kappa shape index (κ2) is 7.79. The lowest BCUT2D eigenvalue weighted by Crippen LogP contribution is -2.51. The maximum absolute atomic E-state index is 12.4. The number of likely N-dealkylation sites (tertiary alicyclic amines) is 1. The Kier molecular flexibility index (Phi) is 5.69. The molecule has 6 nitrogen and oxygen atoms in total. The number of hydrogen-bond donors (Lipinski definition) is 2. The van der Waals surface area contributed by atoms with Crippen molar-refractivity contribution in [2.24, 2.45) is 0 Å². The van der Waals surface area contributed by atoms with Gasteiger partial charge in [-0.25, -0.2) is 9.78 Å². The van der Waals surface area contributed by atoms with E-state index < -0.39 is 5.60 Å². The van der Waals surface area contributed by atoms with E-state index in [9.17, 15) is 9.90 Å². The summed E-state index contributed by atoms with van der Waals surface area (Å²) in [7, 11) is 0. The number of piperidine rings is 1. The van der Waals surface area contributed by atoms with Crippen molar-refractivity contribution in [1.82, 2.24) is 15.2 Å². The van der Waals surface area contributed by atoms with Crippen LogP contribution in [-0.4, -0.2) is 51.9 Å². The molecule has 1 aliphatic heterocycles. The zero-order valence-electron chi connectivity index (χ0n) is 14.6. The number of pyridine rings is 1. The number of aliphatic hydroxyl groups is 1. The molecule has 3 rings (SSSR count). The van der Waals surface area contributed by atoms with Crippen LogP contribution in [-0.2, 0) is 0 Å². The fourth-order valence-electron chi connectivity index (χ4n) is 3.40. The fraction of sp³-hybridized carbons (Fsp3) is 0.667. The van der Waals surface area contributed by atoms with Crippen molar-refractivity contribution in [3.05, 3.63) is 23.4 Å². The molecule has 0 radical (unpaired) electrons. The topological polar surface area (TPSA) is 74.7 Å². The monoisotopic (exact) mass is 367 g/mol. The summed E-state index contributed by atoms with van der Waals surface area (Å²) in [5.41, 5.74) is -0.640. The number of carbonyl (C=O) groups is 1. The summed E-state index contributed by atoms with van der Waals surface area (Å²) in [6, 6.07) is 3.70. The van der Waals surface area contributed by atoms with Crippen LogP contribution < -0.4 is 10.1 Å². The van der Waals surface area contributed by atoms with Gasteiger partial charge in [-0.3, -0.25) is 0 Å². The highest BCUT2D eigenvalue weighted by Crippen LogP contribution is 2.27. The van der Waals surface area contributed by atoms with Gasteiger partial charge in [0.1, 0.15) is 11.1 Å². The van der Waals surface area contributed by atoms with Crippen molar-refractivity contribution < 1.29 is 14.6 Å². The zero-order chi connectivity index (χ0) is 17.9. The molecule has 0 unspecified atom stereocenters. The van der Waals surface area contributed by atoms with E-state index in [0.717, 1.165) is 25.7 Å². The van der Waals surface area contributed by atoms with Crippen LogP contribution in [0.25, 0.3) is 0 Å². The van der Waals surface area contributed by atoms with Crippen LogP contribution in [0.1, 0.15) is 45.4 Å². The smallest absolute Gasteiger partial charge is 0.317 e. The summed E-state index contributed by atoms with van der Waals surface area (Å²) in [4.78, 5) is 18.3. The number of carbonyl (C=O) groups excluding carboxylic acids is 1. The van der Waals surface area contributed by atoms with Crippen LogP contribution >= 0.6 is 11.6 Å². The van der Waals surface area contributed by atoms with Crippen molar-refractivity contribution in [2.75, 3.05) is 13.1 Å². The van der Waals surface area contributed by atoms with Gasteiger partial charge in [-0.15, -0.1) is 0 Å². The van der Waals surface area contributed by atoms with Crippen LogP contribution in [0.3, 0.4) is 0 Å². The summed E-state index contributed by atoms with van der Waals surface area (Å²) in [6.07, 6.45) is 6.52. The zero-order valence-corrected chi connectivity index (χ0v) is 15.3. The van der Waals surface area contributed by atoms with Gasteiger partial charge in [-0.05, 0) is 57.6 Å². The Balaban J connectivity index is 1.42. The Morgan fingerprint density at radius 1 is 1.36 bits per heavy atom. The first kappa shape index (κ1) is 18.3. The third-order valence-corrected chi connectivity index (χ3v) is 5.42. The van der Waals surface area contributed by atoms with Crippen molar-refractivity contribution in [3.63, 3.8) is 0 Å². The lowest BCUT2D eigenvalue weighted by atomic mass is 9.92. The molecule has 138 valence electrons. The van der Waals surface area contributed by atoms with Crippen LogP contribution in [0.15, 0.2) is 18.3 Å². The lowest BCUT2D eigenvalue weighted by molar-refractivity contribution is 0.00387. The summed E-state index contributed by atoms with van der Waals surface area (Å²) in [6.45, 7) is 3.04. The number of nitrogens with zero attached hydrogens (tertiary/aromatic N) is 2. The molecule has 2 heterocycles. The van der Waals surface area contributed by atoms with Gasteiger partial charge < -0.3 is 20.1 Å². The molecule has 0 bridgehead atoms. The Morgan fingerprint density at radius 2 is 2.04 bits per heavy atom. The van der Waals surface area contributed by atoms with E-state index in [1.54, 1.807) is 23.2 Å². The maximum Gasteiger partial charge on any atom is 0.317 e. The Hall–Kier alpha value is -1.53. The molecule has 2 aliphatic rings. The van der Waals surface area contributed by atoms with Crippen molar-refractivity contribution in [1.29, 1.82) is 0 Å². The van der Waals surface area contributed by atoms with Gasteiger partial charge in [-0.1, -0.05) is 11.6 Å². The number of amides is 2. The molecule has 1 aliphatic carbocycles. The Morgan fingerprint density at radius 3 is 2.68 bits per heavy atom. The number of ether oxygens (including phenoxy) is 1. The predicted octanol–water partition coefficient (Wildman–Crippen LogP) is 2.98. The van der Waals surface area contributed by atoms with Gasteiger partial charge in [0.05, 0.1) is 5.60 Å². The van der Waals surface area contributed by atoms with Crippen LogP contribution in [0, 0.1) is 0 Å². The van der Waals surface area contributed by atoms with E-state index in [2.05, 4.69) is 10.3 Å². The molecule has 0 atom stereocenters. The number of rotatable bonds is 3.